The van der Waals surface area contributed by atoms with E-state index in [2.05, 4.69) is 0 Å². The molecule has 1 fully saturated rings. The SMILES string of the molecule is COc1cc(C=C2CC(=O)CCN2S(=O)(=O)c2ccc(F)cc2)cc(OC)c1. The van der Waals surface area contributed by atoms with E-state index < -0.39 is 15.8 Å². The van der Waals surface area contributed by atoms with Crippen LogP contribution in [0.1, 0.15) is 18.4 Å². The van der Waals surface area contributed by atoms with Crippen molar-refractivity contribution in [1.29, 1.82) is 0 Å². The minimum atomic E-state index is -3.92. The lowest BCUT2D eigenvalue weighted by Gasteiger charge is -2.30. The maximum absolute atomic E-state index is 13.2. The average molecular weight is 405 g/mol. The molecule has 1 saturated heterocycles. The first-order valence-corrected chi connectivity index (χ1v) is 10.0. The lowest BCUT2D eigenvalue weighted by molar-refractivity contribution is -0.119. The summed E-state index contributed by atoms with van der Waals surface area (Å²) in [4.78, 5) is 12.0. The predicted octanol–water partition coefficient (Wildman–Crippen LogP) is 3.24. The van der Waals surface area contributed by atoms with E-state index in [4.69, 9.17) is 9.47 Å². The Hall–Kier alpha value is -2.87. The molecule has 0 N–H and O–H groups in total. The van der Waals surface area contributed by atoms with Gasteiger partial charge in [-0.15, -0.1) is 0 Å². The highest BCUT2D eigenvalue weighted by Gasteiger charge is 2.31. The van der Waals surface area contributed by atoms with Crippen molar-refractivity contribution in [2.75, 3.05) is 20.8 Å². The van der Waals surface area contributed by atoms with Crippen LogP contribution in [-0.2, 0) is 14.8 Å². The molecule has 8 heteroatoms. The van der Waals surface area contributed by atoms with Crippen molar-refractivity contribution in [1.82, 2.24) is 4.31 Å². The Morgan fingerprint density at radius 2 is 1.64 bits per heavy atom. The molecule has 1 heterocycles. The second-order valence-corrected chi connectivity index (χ2v) is 8.14. The summed E-state index contributed by atoms with van der Waals surface area (Å²) in [6, 6.07) is 9.76. The van der Waals surface area contributed by atoms with E-state index in [1.807, 2.05) is 0 Å². The summed E-state index contributed by atoms with van der Waals surface area (Å²) in [5.74, 6) is 0.515. The molecular weight excluding hydrogens is 385 g/mol. The number of carbonyl (C=O) groups is 1. The molecule has 0 aromatic heterocycles. The van der Waals surface area contributed by atoms with Crippen LogP contribution in [0.2, 0.25) is 0 Å². The summed E-state index contributed by atoms with van der Waals surface area (Å²) >= 11 is 0. The number of ketones is 1. The molecule has 0 amide bonds. The van der Waals surface area contributed by atoms with Crippen LogP contribution < -0.4 is 9.47 Å². The molecule has 0 saturated carbocycles. The van der Waals surface area contributed by atoms with Gasteiger partial charge in [-0.25, -0.2) is 12.8 Å². The van der Waals surface area contributed by atoms with Gasteiger partial charge in [-0.3, -0.25) is 9.10 Å². The first-order chi connectivity index (χ1) is 13.3. The number of nitrogens with zero attached hydrogens (tertiary/aromatic N) is 1. The van der Waals surface area contributed by atoms with Crippen molar-refractivity contribution in [2.45, 2.75) is 17.7 Å². The third-order valence-corrected chi connectivity index (χ3v) is 6.27. The maximum atomic E-state index is 13.2. The highest BCUT2D eigenvalue weighted by atomic mass is 32.2. The fourth-order valence-corrected chi connectivity index (χ4v) is 4.48. The van der Waals surface area contributed by atoms with Crippen molar-refractivity contribution in [3.05, 3.63) is 59.5 Å². The maximum Gasteiger partial charge on any atom is 0.264 e. The Kier molecular flexibility index (Phi) is 5.69. The van der Waals surface area contributed by atoms with Crippen LogP contribution >= 0.6 is 0 Å². The standard InChI is InChI=1S/C20H20FNO5S/c1-26-18-10-14(11-19(13-18)27-2)9-16-12-17(23)7-8-22(16)28(24,25)20-5-3-15(21)4-6-20/h3-6,9-11,13H,7-8,12H2,1-2H3. The second kappa shape index (κ2) is 8.02. The molecule has 2 aromatic carbocycles. The minimum absolute atomic E-state index is 0.0139. The molecule has 0 spiro atoms. The van der Waals surface area contributed by atoms with Gasteiger partial charge in [-0.05, 0) is 48.0 Å². The first kappa shape index (κ1) is 19.9. The Labute approximate surface area is 163 Å². The monoisotopic (exact) mass is 405 g/mol. The number of hydrogen-bond donors (Lipinski definition) is 0. The van der Waals surface area contributed by atoms with E-state index in [-0.39, 0.29) is 30.1 Å². The van der Waals surface area contributed by atoms with Gasteiger partial charge < -0.3 is 9.47 Å². The first-order valence-electron chi connectivity index (χ1n) is 8.57. The molecule has 0 bridgehead atoms. The smallest absolute Gasteiger partial charge is 0.264 e. The number of benzene rings is 2. The summed E-state index contributed by atoms with van der Waals surface area (Å²) in [5.41, 5.74) is 0.982. The van der Waals surface area contributed by atoms with Crippen LogP contribution in [0.15, 0.2) is 53.1 Å². The summed E-state index contributed by atoms with van der Waals surface area (Å²) in [7, 11) is -0.889. The Morgan fingerprint density at radius 1 is 1.04 bits per heavy atom. The van der Waals surface area contributed by atoms with E-state index in [1.54, 1.807) is 24.3 Å². The number of hydrogen-bond acceptors (Lipinski definition) is 5. The van der Waals surface area contributed by atoms with Gasteiger partial charge in [0, 0.05) is 31.1 Å². The number of ether oxygens (including phenoxy) is 2. The summed E-state index contributed by atoms with van der Waals surface area (Å²) in [5, 5.41) is 0. The number of Topliss-reactive ketones (excluding diaryl/α,β-unsaturated/α-hetero) is 1. The predicted molar refractivity (Wildman–Crippen MR) is 102 cm³/mol. The van der Waals surface area contributed by atoms with Crippen LogP contribution in [0.25, 0.3) is 6.08 Å². The van der Waals surface area contributed by atoms with Gasteiger partial charge in [0.15, 0.2) is 0 Å². The van der Waals surface area contributed by atoms with Crippen LogP contribution in [0.5, 0.6) is 11.5 Å². The van der Waals surface area contributed by atoms with Crippen molar-refractivity contribution in [2.24, 2.45) is 0 Å². The number of carbonyl (C=O) groups excluding carboxylic acids is 1. The third kappa shape index (κ3) is 4.17. The number of methoxy groups -OCH3 is 2. The van der Waals surface area contributed by atoms with Gasteiger partial charge >= 0.3 is 0 Å². The largest absolute Gasteiger partial charge is 0.497 e. The number of piperidine rings is 1. The van der Waals surface area contributed by atoms with Gasteiger partial charge in [-0.1, -0.05) is 0 Å². The van der Waals surface area contributed by atoms with Gasteiger partial charge in [0.25, 0.3) is 10.0 Å². The van der Waals surface area contributed by atoms with Gasteiger partial charge in [-0.2, -0.15) is 0 Å². The molecule has 28 heavy (non-hydrogen) atoms. The van der Waals surface area contributed by atoms with Crippen molar-refractivity contribution in [3.63, 3.8) is 0 Å². The number of rotatable bonds is 5. The normalized spacial score (nSPS) is 16.3. The van der Waals surface area contributed by atoms with E-state index in [9.17, 15) is 17.6 Å². The lowest BCUT2D eigenvalue weighted by Crippen LogP contribution is -2.37. The molecule has 3 rings (SSSR count). The van der Waals surface area contributed by atoms with E-state index in [0.717, 1.165) is 12.1 Å². The zero-order valence-corrected chi connectivity index (χ0v) is 16.3. The highest BCUT2D eigenvalue weighted by molar-refractivity contribution is 7.89. The lowest BCUT2D eigenvalue weighted by atomic mass is 10.1. The molecule has 6 nitrogen and oxygen atoms in total. The van der Waals surface area contributed by atoms with E-state index in [1.165, 1.54) is 30.7 Å². The zero-order chi connectivity index (χ0) is 20.3. The molecule has 1 aliphatic rings. The fourth-order valence-electron chi connectivity index (χ4n) is 2.98. The summed E-state index contributed by atoms with van der Waals surface area (Å²) < 4.78 is 51.0. The number of allylic oxidation sites excluding steroid dienone is 1. The molecule has 0 atom stereocenters. The molecule has 0 radical (unpaired) electrons. The molecular formula is C20H20FNO5S. The quantitative estimate of drug-likeness (QED) is 0.764. The Morgan fingerprint density at radius 3 is 2.21 bits per heavy atom. The van der Waals surface area contributed by atoms with Crippen LogP contribution in [0.3, 0.4) is 0 Å². The molecule has 1 aliphatic heterocycles. The minimum Gasteiger partial charge on any atom is -0.497 e. The van der Waals surface area contributed by atoms with Gasteiger partial charge in [0.05, 0.1) is 19.1 Å². The van der Waals surface area contributed by atoms with Crippen molar-refractivity contribution < 1.29 is 27.1 Å². The van der Waals surface area contributed by atoms with E-state index in [0.29, 0.717) is 22.8 Å². The fraction of sp³-hybridized carbons (Fsp3) is 0.250. The highest BCUT2D eigenvalue weighted by Crippen LogP contribution is 2.30. The van der Waals surface area contributed by atoms with Gasteiger partial charge in [0.1, 0.15) is 23.1 Å². The number of halogens is 1. The number of sulfonamides is 1. The van der Waals surface area contributed by atoms with E-state index >= 15 is 0 Å². The van der Waals surface area contributed by atoms with Crippen molar-refractivity contribution >= 4 is 21.9 Å². The molecule has 2 aromatic rings. The van der Waals surface area contributed by atoms with Gasteiger partial charge in [0.2, 0.25) is 0 Å². The Balaban J connectivity index is 2.05. The van der Waals surface area contributed by atoms with Crippen LogP contribution in [0, 0.1) is 5.82 Å². The van der Waals surface area contributed by atoms with Crippen LogP contribution in [0.4, 0.5) is 4.39 Å². The topological polar surface area (TPSA) is 72.9 Å². The average Bonchev–Trinajstić information content (AvgIpc) is 2.67. The van der Waals surface area contributed by atoms with Crippen molar-refractivity contribution in [3.8, 4) is 11.5 Å². The Bertz CT molecular complexity index is 993. The summed E-state index contributed by atoms with van der Waals surface area (Å²) in [6.07, 6.45) is 1.74. The third-order valence-electron chi connectivity index (χ3n) is 4.40. The second-order valence-electron chi connectivity index (χ2n) is 6.28. The molecule has 0 aliphatic carbocycles. The van der Waals surface area contributed by atoms with Crippen LogP contribution in [-0.4, -0.2) is 39.3 Å². The zero-order valence-electron chi connectivity index (χ0n) is 15.5. The molecule has 148 valence electrons. The molecule has 0 unspecified atom stereocenters. The summed E-state index contributed by atoms with van der Waals surface area (Å²) in [6.45, 7) is 0.0332.